The number of furan rings is 1. The van der Waals surface area contributed by atoms with E-state index in [0.717, 1.165) is 5.69 Å². The second kappa shape index (κ2) is 5.82. The van der Waals surface area contributed by atoms with Crippen LogP contribution in [0.4, 0.5) is 0 Å². The summed E-state index contributed by atoms with van der Waals surface area (Å²) in [5.41, 5.74) is 6.43. The number of aryl methyl sites for hydroxylation is 1. The highest BCUT2D eigenvalue weighted by molar-refractivity contribution is 7.89. The second-order valence-corrected chi connectivity index (χ2v) is 6.54. The van der Waals surface area contributed by atoms with E-state index < -0.39 is 10.0 Å². The topological polar surface area (TPSA) is 81.5 Å². The van der Waals surface area contributed by atoms with E-state index in [-0.39, 0.29) is 11.4 Å². The molecule has 0 aromatic carbocycles. The van der Waals surface area contributed by atoms with Crippen LogP contribution in [-0.4, -0.2) is 24.3 Å². The molecule has 2 N–H and O–H groups in total. The van der Waals surface area contributed by atoms with Crippen LogP contribution in [0.2, 0.25) is 0 Å². The normalized spacial score (nSPS) is 12.2. The van der Waals surface area contributed by atoms with E-state index in [1.807, 2.05) is 11.5 Å². The molecule has 0 amide bonds. The number of sulfonamides is 1. The number of nitrogens with two attached hydrogens (primary N) is 1. The Morgan fingerprint density at radius 2 is 2.20 bits per heavy atom. The molecule has 2 heterocycles. The van der Waals surface area contributed by atoms with Crippen molar-refractivity contribution >= 4 is 10.0 Å². The van der Waals surface area contributed by atoms with Crippen molar-refractivity contribution in [2.24, 2.45) is 5.73 Å². The minimum atomic E-state index is -3.54. The smallest absolute Gasteiger partial charge is 0.244 e. The standard InChI is InChI=1S/C13H19N3O3S/c1-3-16-10-13(7-11(16)8-14)20(17,18)15(2)9-12-5-4-6-19-12/h4-7,10H,3,8-9,14H2,1-2H3. The molecule has 0 spiro atoms. The Morgan fingerprint density at radius 3 is 2.70 bits per heavy atom. The van der Waals surface area contributed by atoms with Crippen molar-refractivity contribution in [3.05, 3.63) is 42.1 Å². The van der Waals surface area contributed by atoms with E-state index in [2.05, 4.69) is 0 Å². The number of nitrogens with zero attached hydrogens (tertiary/aromatic N) is 2. The van der Waals surface area contributed by atoms with Crippen molar-refractivity contribution in [2.75, 3.05) is 7.05 Å². The quantitative estimate of drug-likeness (QED) is 0.873. The van der Waals surface area contributed by atoms with Gasteiger partial charge in [0.2, 0.25) is 10.0 Å². The zero-order valence-corrected chi connectivity index (χ0v) is 12.4. The zero-order chi connectivity index (χ0) is 14.8. The Kier molecular flexibility index (Phi) is 4.32. The maximum Gasteiger partial charge on any atom is 0.244 e. The summed E-state index contributed by atoms with van der Waals surface area (Å²) in [7, 11) is -2.01. The van der Waals surface area contributed by atoms with Gasteiger partial charge in [-0.25, -0.2) is 8.42 Å². The fourth-order valence-corrected chi connectivity index (χ4v) is 3.22. The molecule has 110 valence electrons. The minimum absolute atomic E-state index is 0.199. The molecule has 0 aliphatic heterocycles. The Morgan fingerprint density at radius 1 is 1.45 bits per heavy atom. The maximum absolute atomic E-state index is 12.5. The van der Waals surface area contributed by atoms with Crippen molar-refractivity contribution in [1.29, 1.82) is 0 Å². The van der Waals surface area contributed by atoms with Gasteiger partial charge in [0, 0.05) is 32.0 Å². The van der Waals surface area contributed by atoms with Gasteiger partial charge in [-0.05, 0) is 25.1 Å². The second-order valence-electron chi connectivity index (χ2n) is 4.50. The summed E-state index contributed by atoms with van der Waals surface area (Å²) in [6, 6.07) is 5.10. The highest BCUT2D eigenvalue weighted by atomic mass is 32.2. The molecule has 0 bridgehead atoms. The van der Waals surface area contributed by atoms with Crippen LogP contribution < -0.4 is 5.73 Å². The fourth-order valence-electron chi connectivity index (χ4n) is 2.02. The highest BCUT2D eigenvalue weighted by Crippen LogP contribution is 2.20. The molecule has 7 heteroatoms. The first-order valence-corrected chi connectivity index (χ1v) is 7.81. The van der Waals surface area contributed by atoms with Gasteiger partial charge in [-0.15, -0.1) is 0 Å². The molecule has 0 radical (unpaired) electrons. The average Bonchev–Trinajstić information content (AvgIpc) is 3.06. The molecule has 6 nitrogen and oxygen atoms in total. The van der Waals surface area contributed by atoms with Crippen molar-refractivity contribution in [3.63, 3.8) is 0 Å². The lowest BCUT2D eigenvalue weighted by Gasteiger charge is -2.14. The molecule has 0 saturated carbocycles. The largest absolute Gasteiger partial charge is 0.468 e. The summed E-state index contributed by atoms with van der Waals surface area (Å²) in [5, 5.41) is 0. The van der Waals surface area contributed by atoms with Crippen LogP contribution >= 0.6 is 0 Å². The van der Waals surface area contributed by atoms with Gasteiger partial charge in [0.25, 0.3) is 0 Å². The molecule has 2 aromatic heterocycles. The Balaban J connectivity index is 2.27. The first-order valence-electron chi connectivity index (χ1n) is 6.37. The predicted molar refractivity (Wildman–Crippen MR) is 75.4 cm³/mol. The summed E-state index contributed by atoms with van der Waals surface area (Å²) >= 11 is 0. The maximum atomic E-state index is 12.5. The summed E-state index contributed by atoms with van der Waals surface area (Å²) in [6.45, 7) is 3.14. The number of hydrogen-bond acceptors (Lipinski definition) is 4. The first-order chi connectivity index (χ1) is 9.48. The van der Waals surface area contributed by atoms with E-state index >= 15 is 0 Å². The SMILES string of the molecule is CCn1cc(S(=O)(=O)N(C)Cc2ccco2)cc1CN. The van der Waals surface area contributed by atoms with Gasteiger partial charge in [-0.3, -0.25) is 0 Å². The lowest BCUT2D eigenvalue weighted by molar-refractivity contribution is 0.406. The predicted octanol–water partition coefficient (Wildman–Crippen LogP) is 1.38. The Bertz CT molecular complexity index is 638. The molecule has 20 heavy (non-hydrogen) atoms. The molecule has 0 unspecified atom stereocenters. The van der Waals surface area contributed by atoms with Gasteiger partial charge in [0.1, 0.15) is 10.7 Å². The average molecular weight is 297 g/mol. The molecular formula is C13H19N3O3S. The monoisotopic (exact) mass is 297 g/mol. The van der Waals surface area contributed by atoms with Crippen LogP contribution in [0.5, 0.6) is 0 Å². The van der Waals surface area contributed by atoms with Gasteiger partial charge in [0.15, 0.2) is 0 Å². The van der Waals surface area contributed by atoms with Crippen LogP contribution in [0.1, 0.15) is 18.4 Å². The van der Waals surface area contributed by atoms with Gasteiger partial charge in [0.05, 0.1) is 12.8 Å². The van der Waals surface area contributed by atoms with Crippen LogP contribution in [0.15, 0.2) is 40.0 Å². The molecule has 0 atom stereocenters. The molecule has 0 fully saturated rings. The molecule has 2 aromatic rings. The van der Waals surface area contributed by atoms with Gasteiger partial charge in [-0.1, -0.05) is 0 Å². The summed E-state index contributed by atoms with van der Waals surface area (Å²) in [4.78, 5) is 0.258. The molecule has 0 aliphatic carbocycles. The molecule has 2 rings (SSSR count). The van der Waals surface area contributed by atoms with Crippen LogP contribution in [-0.2, 0) is 29.7 Å². The fraction of sp³-hybridized carbons (Fsp3) is 0.385. The van der Waals surface area contributed by atoms with Crippen molar-refractivity contribution in [3.8, 4) is 0 Å². The van der Waals surface area contributed by atoms with E-state index in [9.17, 15) is 8.42 Å². The third-order valence-corrected chi connectivity index (χ3v) is 4.95. The number of aromatic nitrogens is 1. The molecular weight excluding hydrogens is 278 g/mol. The van der Waals surface area contributed by atoms with E-state index in [4.69, 9.17) is 10.2 Å². The van der Waals surface area contributed by atoms with Crippen molar-refractivity contribution < 1.29 is 12.8 Å². The van der Waals surface area contributed by atoms with Gasteiger partial charge in [-0.2, -0.15) is 4.31 Å². The Labute approximate surface area is 118 Å². The molecule has 0 aliphatic rings. The minimum Gasteiger partial charge on any atom is -0.468 e. The lowest BCUT2D eigenvalue weighted by Crippen LogP contribution is -2.26. The van der Waals surface area contributed by atoms with Gasteiger partial charge < -0.3 is 14.7 Å². The third kappa shape index (κ3) is 2.79. The van der Waals surface area contributed by atoms with Crippen LogP contribution in [0.3, 0.4) is 0 Å². The van der Waals surface area contributed by atoms with E-state index in [1.165, 1.54) is 17.6 Å². The highest BCUT2D eigenvalue weighted by Gasteiger charge is 2.24. The first kappa shape index (κ1) is 14.8. The summed E-state index contributed by atoms with van der Waals surface area (Å²) in [5.74, 6) is 0.602. The summed E-state index contributed by atoms with van der Waals surface area (Å²) in [6.07, 6.45) is 3.14. The van der Waals surface area contributed by atoms with E-state index in [1.54, 1.807) is 24.4 Å². The van der Waals surface area contributed by atoms with Crippen LogP contribution in [0.25, 0.3) is 0 Å². The molecule has 0 saturated heterocycles. The van der Waals surface area contributed by atoms with Crippen molar-refractivity contribution in [1.82, 2.24) is 8.87 Å². The van der Waals surface area contributed by atoms with E-state index in [0.29, 0.717) is 18.8 Å². The van der Waals surface area contributed by atoms with Gasteiger partial charge >= 0.3 is 0 Å². The number of rotatable bonds is 6. The van der Waals surface area contributed by atoms with Crippen LogP contribution in [0, 0.1) is 0 Å². The third-order valence-electron chi connectivity index (χ3n) is 3.18. The number of hydrogen-bond donors (Lipinski definition) is 1. The lowest BCUT2D eigenvalue weighted by atomic mass is 10.4. The van der Waals surface area contributed by atoms with Crippen molar-refractivity contribution in [2.45, 2.75) is 31.5 Å². The zero-order valence-electron chi connectivity index (χ0n) is 11.6. The summed E-state index contributed by atoms with van der Waals surface area (Å²) < 4.78 is 33.3. The Hall–Kier alpha value is -1.57.